The van der Waals surface area contributed by atoms with Gasteiger partial charge in [-0.1, -0.05) is 38.1 Å². The van der Waals surface area contributed by atoms with E-state index in [1.54, 1.807) is 18.2 Å². The minimum absolute atomic E-state index is 0.0404. The van der Waals surface area contributed by atoms with Gasteiger partial charge in [0, 0.05) is 5.41 Å². The number of hydrogen-bond donors (Lipinski definition) is 0. The summed E-state index contributed by atoms with van der Waals surface area (Å²) in [6.07, 6.45) is 3.29. The van der Waals surface area contributed by atoms with Gasteiger partial charge in [-0.05, 0) is 42.7 Å². The van der Waals surface area contributed by atoms with E-state index in [0.29, 0.717) is 17.2 Å². The Morgan fingerprint density at radius 3 is 2.59 bits per heavy atom. The molecule has 2 bridgehead atoms. The average molecular weight is 301 g/mol. The van der Waals surface area contributed by atoms with Crippen molar-refractivity contribution in [1.29, 1.82) is 0 Å². The molecular formula is C18H23NO3. The normalized spacial score (nSPS) is 30.5. The van der Waals surface area contributed by atoms with Crippen LogP contribution in [-0.4, -0.2) is 18.8 Å². The maximum Gasteiger partial charge on any atom is 0.369 e. The van der Waals surface area contributed by atoms with E-state index in [9.17, 15) is 4.79 Å². The van der Waals surface area contributed by atoms with Crippen LogP contribution in [0.25, 0.3) is 0 Å². The first-order valence-electron chi connectivity index (χ1n) is 7.82. The second kappa shape index (κ2) is 5.11. The van der Waals surface area contributed by atoms with Gasteiger partial charge in [0.2, 0.25) is 0 Å². The number of carbonyl (C=O) groups is 1. The number of nitrogens with zero attached hydrogens (tertiary/aromatic N) is 1. The first-order chi connectivity index (χ1) is 10.4. The van der Waals surface area contributed by atoms with Crippen molar-refractivity contribution in [3.63, 3.8) is 0 Å². The molecule has 2 aliphatic rings. The summed E-state index contributed by atoms with van der Waals surface area (Å²) in [5.74, 6) is 0.683. The largest absolute Gasteiger partial charge is 0.496 e. The number of para-hydroxylation sites is 1. The summed E-state index contributed by atoms with van der Waals surface area (Å²) >= 11 is 0. The van der Waals surface area contributed by atoms with Crippen molar-refractivity contribution < 1.29 is 14.4 Å². The Hall–Kier alpha value is -1.84. The second-order valence-electron chi connectivity index (χ2n) is 7.11. The van der Waals surface area contributed by atoms with Crippen LogP contribution in [0.4, 0.5) is 0 Å². The molecule has 0 amide bonds. The van der Waals surface area contributed by atoms with Crippen LogP contribution in [0.3, 0.4) is 0 Å². The lowest BCUT2D eigenvalue weighted by atomic mass is 9.70. The maximum absolute atomic E-state index is 12.2. The van der Waals surface area contributed by atoms with Crippen LogP contribution in [0.5, 0.6) is 5.75 Å². The van der Waals surface area contributed by atoms with E-state index in [1.807, 2.05) is 6.07 Å². The predicted molar refractivity (Wildman–Crippen MR) is 85.1 cm³/mol. The van der Waals surface area contributed by atoms with Gasteiger partial charge in [-0.2, -0.15) is 0 Å². The topological polar surface area (TPSA) is 47.9 Å². The van der Waals surface area contributed by atoms with Crippen molar-refractivity contribution in [1.82, 2.24) is 0 Å². The number of benzene rings is 1. The molecule has 2 unspecified atom stereocenters. The molecule has 2 atom stereocenters. The molecule has 2 fully saturated rings. The van der Waals surface area contributed by atoms with Crippen molar-refractivity contribution in [2.24, 2.45) is 21.9 Å². The highest BCUT2D eigenvalue weighted by Crippen LogP contribution is 2.64. The Kier molecular flexibility index (Phi) is 3.50. The molecule has 2 saturated carbocycles. The van der Waals surface area contributed by atoms with Gasteiger partial charge in [-0.3, -0.25) is 0 Å². The molecule has 0 aliphatic heterocycles. The monoisotopic (exact) mass is 301 g/mol. The standard InChI is InChI=1S/C18H23NO3/c1-17(2)12-9-10-18(17,3)15(11-12)19-22-16(20)13-7-5-6-8-14(13)21-4/h5-8,12H,9-11H2,1-4H3. The lowest BCUT2D eigenvalue weighted by Crippen LogP contribution is -2.32. The quantitative estimate of drug-likeness (QED) is 0.625. The fourth-order valence-electron chi connectivity index (χ4n) is 4.03. The van der Waals surface area contributed by atoms with Gasteiger partial charge >= 0.3 is 5.97 Å². The Morgan fingerprint density at radius 2 is 2.00 bits per heavy atom. The lowest BCUT2D eigenvalue weighted by molar-refractivity contribution is 0.0504. The Balaban J connectivity index is 1.80. The predicted octanol–water partition coefficient (Wildman–Crippen LogP) is 4.05. The second-order valence-corrected chi connectivity index (χ2v) is 7.11. The molecule has 22 heavy (non-hydrogen) atoms. The molecule has 118 valence electrons. The van der Waals surface area contributed by atoms with Crippen LogP contribution in [0.15, 0.2) is 29.4 Å². The highest BCUT2D eigenvalue weighted by Gasteiger charge is 2.60. The van der Waals surface area contributed by atoms with E-state index in [1.165, 1.54) is 13.5 Å². The molecule has 1 aromatic carbocycles. The third kappa shape index (κ3) is 2.04. The van der Waals surface area contributed by atoms with Crippen molar-refractivity contribution in [2.75, 3.05) is 7.11 Å². The zero-order valence-corrected chi connectivity index (χ0v) is 13.7. The summed E-state index contributed by atoms with van der Waals surface area (Å²) in [4.78, 5) is 17.5. The molecule has 4 heteroatoms. The van der Waals surface area contributed by atoms with Crippen molar-refractivity contribution in [3.8, 4) is 5.75 Å². The fourth-order valence-corrected chi connectivity index (χ4v) is 4.03. The number of rotatable bonds is 3. The van der Waals surface area contributed by atoms with Crippen molar-refractivity contribution >= 4 is 11.7 Å². The zero-order valence-electron chi connectivity index (χ0n) is 13.7. The van der Waals surface area contributed by atoms with Gasteiger partial charge in [-0.15, -0.1) is 0 Å². The van der Waals surface area contributed by atoms with Crippen LogP contribution in [0.2, 0.25) is 0 Å². The molecule has 0 aromatic heterocycles. The highest BCUT2D eigenvalue weighted by molar-refractivity contribution is 5.96. The van der Waals surface area contributed by atoms with E-state index in [-0.39, 0.29) is 10.8 Å². The zero-order chi connectivity index (χ0) is 16.0. The van der Waals surface area contributed by atoms with Crippen molar-refractivity contribution in [2.45, 2.75) is 40.0 Å². The summed E-state index contributed by atoms with van der Waals surface area (Å²) in [7, 11) is 1.54. The third-order valence-electron chi connectivity index (χ3n) is 6.08. The summed E-state index contributed by atoms with van der Waals surface area (Å²) in [5.41, 5.74) is 1.69. The van der Waals surface area contributed by atoms with Gasteiger partial charge in [-0.25, -0.2) is 4.79 Å². The Labute approximate surface area is 131 Å². The molecular weight excluding hydrogens is 278 g/mol. The average Bonchev–Trinajstić information content (AvgIpc) is 2.85. The van der Waals surface area contributed by atoms with Gasteiger partial charge in [0.25, 0.3) is 0 Å². The van der Waals surface area contributed by atoms with Crippen LogP contribution >= 0.6 is 0 Å². The van der Waals surface area contributed by atoms with E-state index >= 15 is 0 Å². The maximum atomic E-state index is 12.2. The molecule has 0 saturated heterocycles. The number of methoxy groups -OCH3 is 1. The van der Waals surface area contributed by atoms with Crippen LogP contribution < -0.4 is 4.74 Å². The number of oxime groups is 1. The van der Waals surface area contributed by atoms with Crippen LogP contribution in [-0.2, 0) is 4.84 Å². The summed E-state index contributed by atoms with van der Waals surface area (Å²) in [6, 6.07) is 7.04. The van der Waals surface area contributed by atoms with Crippen LogP contribution in [0.1, 0.15) is 50.4 Å². The Bertz CT molecular complexity index is 635. The number of ether oxygens (including phenoxy) is 1. The SMILES string of the molecule is COc1ccccc1C(=O)ON=C1CC2CCC1(C)C2(C)C. The van der Waals surface area contributed by atoms with E-state index in [4.69, 9.17) is 9.57 Å². The van der Waals surface area contributed by atoms with E-state index < -0.39 is 5.97 Å². The molecule has 0 spiro atoms. The Morgan fingerprint density at radius 1 is 1.27 bits per heavy atom. The summed E-state index contributed by atoms with van der Waals surface area (Å²) in [6.45, 7) is 6.85. The van der Waals surface area contributed by atoms with Crippen LogP contribution in [0, 0.1) is 16.7 Å². The summed E-state index contributed by atoms with van der Waals surface area (Å²) < 4.78 is 5.19. The van der Waals surface area contributed by atoms with Gasteiger partial charge in [0.15, 0.2) is 0 Å². The molecule has 2 aliphatic carbocycles. The smallest absolute Gasteiger partial charge is 0.369 e. The molecule has 3 rings (SSSR count). The van der Waals surface area contributed by atoms with Gasteiger partial charge in [0.1, 0.15) is 11.3 Å². The number of carbonyl (C=O) groups excluding carboxylic acids is 1. The lowest BCUT2D eigenvalue weighted by Gasteiger charge is -2.34. The van der Waals surface area contributed by atoms with E-state index in [0.717, 1.165) is 18.6 Å². The molecule has 0 heterocycles. The number of hydrogen-bond acceptors (Lipinski definition) is 4. The van der Waals surface area contributed by atoms with Gasteiger partial charge < -0.3 is 9.57 Å². The highest BCUT2D eigenvalue weighted by atomic mass is 16.7. The minimum Gasteiger partial charge on any atom is -0.496 e. The first-order valence-corrected chi connectivity index (χ1v) is 7.82. The minimum atomic E-state index is -0.464. The molecule has 1 aromatic rings. The van der Waals surface area contributed by atoms with Crippen molar-refractivity contribution in [3.05, 3.63) is 29.8 Å². The molecule has 4 nitrogen and oxygen atoms in total. The van der Waals surface area contributed by atoms with E-state index in [2.05, 4.69) is 25.9 Å². The number of fused-ring (bicyclic) bond motifs is 2. The first kappa shape index (κ1) is 15.1. The molecule has 0 radical (unpaired) electrons. The summed E-state index contributed by atoms with van der Waals surface area (Å²) in [5, 5.41) is 4.24. The fraction of sp³-hybridized carbons (Fsp3) is 0.556. The molecule has 0 N–H and O–H groups in total. The van der Waals surface area contributed by atoms with Gasteiger partial charge in [0.05, 0.1) is 12.8 Å². The third-order valence-corrected chi connectivity index (χ3v) is 6.08.